The predicted octanol–water partition coefficient (Wildman–Crippen LogP) is 0.320. The molecule has 0 spiro atoms. The maximum absolute atomic E-state index is 12.8. The number of nitrogens with two attached hydrogens (primary N) is 1. The van der Waals surface area contributed by atoms with Gasteiger partial charge in [0.2, 0.25) is 0 Å². The summed E-state index contributed by atoms with van der Waals surface area (Å²) in [6, 6.07) is 5.04. The van der Waals surface area contributed by atoms with E-state index in [1.165, 1.54) is 24.3 Å². The van der Waals surface area contributed by atoms with Gasteiger partial charge in [-0.25, -0.2) is 9.53 Å². The van der Waals surface area contributed by atoms with Crippen LogP contribution in [0.2, 0.25) is 0 Å². The highest BCUT2D eigenvalue weighted by molar-refractivity contribution is 7.86. The Morgan fingerprint density at radius 3 is 2.64 bits per heavy atom. The number of rotatable bonds is 3. The lowest BCUT2D eigenvalue weighted by molar-refractivity contribution is 0.102. The van der Waals surface area contributed by atoms with E-state index >= 15 is 0 Å². The Kier molecular flexibility index (Phi) is 3.43. The number of aromatic nitrogens is 2. The molecule has 10 heteroatoms. The van der Waals surface area contributed by atoms with Gasteiger partial charge in [0.15, 0.2) is 0 Å². The number of halogens is 1. The summed E-state index contributed by atoms with van der Waals surface area (Å²) in [7, 11) is -3.82. The smallest absolute Gasteiger partial charge is 0.277 e. The molecule has 0 fully saturated rings. The summed E-state index contributed by atoms with van der Waals surface area (Å²) < 4.78 is 36.5. The van der Waals surface area contributed by atoms with E-state index in [9.17, 15) is 17.6 Å². The maximum atomic E-state index is 12.8. The number of nitrogens with one attached hydrogen (secondary N) is 2. The Morgan fingerprint density at radius 1 is 1.32 bits per heavy atom. The van der Waals surface area contributed by atoms with E-state index in [4.69, 9.17) is 5.14 Å². The number of H-pyrrole nitrogens is 1. The molecule has 22 heavy (non-hydrogen) atoms. The summed E-state index contributed by atoms with van der Waals surface area (Å²) in [4.78, 5) is 12.1. The molecule has 1 aliphatic heterocycles. The number of carbonyl (C=O) groups is 1. The molecule has 1 aromatic carbocycles. The van der Waals surface area contributed by atoms with Crippen LogP contribution >= 0.6 is 0 Å². The molecule has 0 aliphatic carbocycles. The summed E-state index contributed by atoms with van der Waals surface area (Å²) >= 11 is 0. The average Bonchev–Trinajstić information content (AvgIpc) is 3.01. The van der Waals surface area contributed by atoms with Gasteiger partial charge in [0, 0.05) is 17.7 Å². The molecule has 1 aliphatic rings. The third-order valence-electron chi connectivity index (χ3n) is 3.32. The van der Waals surface area contributed by atoms with Gasteiger partial charge in [-0.2, -0.15) is 17.8 Å². The Labute approximate surface area is 125 Å². The summed E-state index contributed by atoms with van der Waals surface area (Å²) in [6.45, 7) is 0.0841. The van der Waals surface area contributed by atoms with E-state index < -0.39 is 21.9 Å². The van der Waals surface area contributed by atoms with Crippen LogP contribution in [0.4, 0.5) is 10.2 Å². The van der Waals surface area contributed by atoms with Crippen LogP contribution in [-0.2, 0) is 23.3 Å². The zero-order valence-corrected chi connectivity index (χ0v) is 12.0. The number of nitrogens with zero attached hydrogens (tertiary/aromatic N) is 2. The summed E-state index contributed by atoms with van der Waals surface area (Å²) in [6.07, 6.45) is 0. The quantitative estimate of drug-likeness (QED) is 0.752. The van der Waals surface area contributed by atoms with Gasteiger partial charge in [0.05, 0.1) is 12.2 Å². The first kappa shape index (κ1) is 14.6. The van der Waals surface area contributed by atoms with Crippen LogP contribution in [-0.4, -0.2) is 28.8 Å². The van der Waals surface area contributed by atoms with Crippen molar-refractivity contribution in [3.05, 3.63) is 46.9 Å². The van der Waals surface area contributed by atoms with E-state index in [0.29, 0.717) is 17.1 Å². The zero-order chi connectivity index (χ0) is 15.9. The molecule has 0 unspecified atom stereocenters. The molecule has 0 radical (unpaired) electrons. The minimum absolute atomic E-state index is 0.0314. The third kappa shape index (κ3) is 2.71. The van der Waals surface area contributed by atoms with Crippen molar-refractivity contribution < 1.29 is 17.6 Å². The highest BCUT2D eigenvalue weighted by atomic mass is 32.2. The lowest BCUT2D eigenvalue weighted by atomic mass is 10.2. The van der Waals surface area contributed by atoms with Crippen molar-refractivity contribution in [1.29, 1.82) is 0 Å². The first-order chi connectivity index (χ1) is 10.3. The van der Waals surface area contributed by atoms with Gasteiger partial charge in [-0.1, -0.05) is 0 Å². The number of aromatic amines is 1. The molecule has 0 bridgehead atoms. The second-order valence-corrected chi connectivity index (χ2v) is 6.34. The van der Waals surface area contributed by atoms with Gasteiger partial charge in [-0.05, 0) is 24.3 Å². The zero-order valence-electron chi connectivity index (χ0n) is 11.2. The Balaban J connectivity index is 1.79. The van der Waals surface area contributed by atoms with E-state index in [0.717, 1.165) is 4.31 Å². The van der Waals surface area contributed by atoms with Crippen molar-refractivity contribution in [1.82, 2.24) is 14.5 Å². The number of amides is 1. The monoisotopic (exact) mass is 325 g/mol. The van der Waals surface area contributed by atoms with Gasteiger partial charge in [0.1, 0.15) is 11.6 Å². The van der Waals surface area contributed by atoms with Gasteiger partial charge >= 0.3 is 0 Å². The molecule has 4 N–H and O–H groups in total. The molecule has 2 aromatic rings. The van der Waals surface area contributed by atoms with Crippen LogP contribution < -0.4 is 10.5 Å². The molecule has 0 saturated heterocycles. The maximum Gasteiger partial charge on any atom is 0.277 e. The van der Waals surface area contributed by atoms with Crippen molar-refractivity contribution in [2.75, 3.05) is 5.32 Å². The van der Waals surface area contributed by atoms with Crippen molar-refractivity contribution in [2.24, 2.45) is 5.14 Å². The Morgan fingerprint density at radius 2 is 2.00 bits per heavy atom. The fourth-order valence-electron chi connectivity index (χ4n) is 2.17. The molecular weight excluding hydrogens is 313 g/mol. The van der Waals surface area contributed by atoms with Crippen molar-refractivity contribution in [3.8, 4) is 0 Å². The standard InChI is InChI=1S/C12H12FN5O3S/c13-8-3-1-7(2-4-8)12(19)15-11-9-5-18(22(14,20)21)6-10(9)16-17-11/h1-4H,5-6H2,(H2,14,20,21)(H2,15,16,17,19). The van der Waals surface area contributed by atoms with Gasteiger partial charge in [0.25, 0.3) is 16.1 Å². The molecule has 8 nitrogen and oxygen atoms in total. The van der Waals surface area contributed by atoms with Crippen LogP contribution in [0.1, 0.15) is 21.6 Å². The van der Waals surface area contributed by atoms with E-state index in [-0.39, 0.29) is 18.7 Å². The highest BCUT2D eigenvalue weighted by Crippen LogP contribution is 2.28. The molecule has 1 aromatic heterocycles. The first-order valence-corrected chi connectivity index (χ1v) is 7.76. The summed E-state index contributed by atoms with van der Waals surface area (Å²) in [5, 5.41) is 14.3. The lowest BCUT2D eigenvalue weighted by Gasteiger charge is -2.11. The third-order valence-corrected chi connectivity index (χ3v) is 4.30. The number of hydrogen-bond donors (Lipinski definition) is 3. The topological polar surface area (TPSA) is 121 Å². The van der Waals surface area contributed by atoms with E-state index in [1.54, 1.807) is 0 Å². The molecule has 0 atom stereocenters. The largest absolute Gasteiger partial charge is 0.307 e. The van der Waals surface area contributed by atoms with Crippen LogP contribution in [0.3, 0.4) is 0 Å². The van der Waals surface area contributed by atoms with Crippen LogP contribution in [0.15, 0.2) is 24.3 Å². The number of carbonyl (C=O) groups excluding carboxylic acids is 1. The minimum atomic E-state index is -3.82. The SMILES string of the molecule is NS(=O)(=O)N1Cc2n[nH]c(NC(=O)c3ccc(F)cc3)c2C1. The van der Waals surface area contributed by atoms with E-state index in [2.05, 4.69) is 15.5 Å². The predicted molar refractivity (Wildman–Crippen MR) is 75.3 cm³/mol. The molecule has 1 amide bonds. The Hall–Kier alpha value is -2.30. The number of hydrogen-bond acceptors (Lipinski definition) is 4. The molecule has 2 heterocycles. The lowest BCUT2D eigenvalue weighted by Crippen LogP contribution is -2.32. The minimum Gasteiger partial charge on any atom is -0.307 e. The van der Waals surface area contributed by atoms with Crippen molar-refractivity contribution >= 4 is 21.9 Å². The number of anilines is 1. The number of fused-ring (bicyclic) bond motifs is 1. The summed E-state index contributed by atoms with van der Waals surface area (Å²) in [5.41, 5.74) is 1.33. The van der Waals surface area contributed by atoms with E-state index in [1.807, 2.05) is 0 Å². The van der Waals surface area contributed by atoms with Gasteiger partial charge in [-0.15, -0.1) is 0 Å². The van der Waals surface area contributed by atoms with Crippen LogP contribution in [0.25, 0.3) is 0 Å². The first-order valence-electron chi connectivity index (χ1n) is 6.25. The Bertz CT molecular complexity index is 831. The molecular formula is C12H12FN5O3S. The molecule has 0 saturated carbocycles. The average molecular weight is 325 g/mol. The molecule has 116 valence electrons. The number of benzene rings is 1. The van der Waals surface area contributed by atoms with Gasteiger partial charge in [-0.3, -0.25) is 9.89 Å². The van der Waals surface area contributed by atoms with Crippen molar-refractivity contribution in [2.45, 2.75) is 13.1 Å². The second-order valence-electron chi connectivity index (χ2n) is 4.80. The molecule has 3 rings (SSSR count). The summed E-state index contributed by atoms with van der Waals surface area (Å²) in [5.74, 6) is -0.598. The highest BCUT2D eigenvalue weighted by Gasteiger charge is 2.31. The van der Waals surface area contributed by atoms with Crippen molar-refractivity contribution in [3.63, 3.8) is 0 Å². The normalized spacial score (nSPS) is 14.8. The second kappa shape index (κ2) is 5.16. The fourth-order valence-corrected chi connectivity index (χ4v) is 2.78. The van der Waals surface area contributed by atoms with Gasteiger partial charge < -0.3 is 5.32 Å². The van der Waals surface area contributed by atoms with Crippen LogP contribution in [0, 0.1) is 5.82 Å². The fraction of sp³-hybridized carbons (Fsp3) is 0.167. The van der Waals surface area contributed by atoms with Crippen LogP contribution in [0.5, 0.6) is 0 Å².